The highest BCUT2D eigenvalue weighted by Gasteiger charge is 2.08. The molecule has 0 aliphatic carbocycles. The third-order valence-corrected chi connectivity index (χ3v) is 2.72. The van der Waals surface area contributed by atoms with E-state index in [0.29, 0.717) is 31.9 Å². The lowest BCUT2D eigenvalue weighted by molar-refractivity contribution is 0.0526. The van der Waals surface area contributed by atoms with Gasteiger partial charge in [0.05, 0.1) is 38.1 Å². The molecule has 2 rings (SSSR count). The van der Waals surface area contributed by atoms with Gasteiger partial charge in [0.15, 0.2) is 0 Å². The van der Waals surface area contributed by atoms with Crippen LogP contribution in [0.25, 0.3) is 0 Å². The fourth-order valence-corrected chi connectivity index (χ4v) is 1.73. The SMILES string of the molecule is CCOC(=O)c1cnn(CCOCc2ccccc2)c1. The number of nitrogens with zero attached hydrogens (tertiary/aromatic N) is 2. The lowest BCUT2D eigenvalue weighted by atomic mass is 10.2. The van der Waals surface area contributed by atoms with Crippen molar-refractivity contribution >= 4 is 5.97 Å². The van der Waals surface area contributed by atoms with Gasteiger partial charge in [-0.05, 0) is 12.5 Å². The zero-order valence-electron chi connectivity index (χ0n) is 11.5. The van der Waals surface area contributed by atoms with Crippen LogP contribution >= 0.6 is 0 Å². The van der Waals surface area contributed by atoms with Gasteiger partial charge >= 0.3 is 5.97 Å². The molecular weight excluding hydrogens is 256 g/mol. The Labute approximate surface area is 118 Å². The largest absolute Gasteiger partial charge is 0.462 e. The first-order valence-corrected chi connectivity index (χ1v) is 6.61. The molecule has 0 aliphatic heterocycles. The third-order valence-electron chi connectivity index (χ3n) is 2.72. The van der Waals surface area contributed by atoms with Gasteiger partial charge in [-0.25, -0.2) is 4.79 Å². The smallest absolute Gasteiger partial charge is 0.341 e. The van der Waals surface area contributed by atoms with E-state index < -0.39 is 0 Å². The second-order valence-electron chi connectivity index (χ2n) is 4.25. The number of hydrogen-bond acceptors (Lipinski definition) is 4. The second-order valence-corrected chi connectivity index (χ2v) is 4.25. The Bertz CT molecular complexity index is 537. The van der Waals surface area contributed by atoms with Crippen LogP contribution in [0.1, 0.15) is 22.8 Å². The van der Waals surface area contributed by atoms with Gasteiger partial charge in [0.25, 0.3) is 0 Å². The number of esters is 1. The van der Waals surface area contributed by atoms with Crippen molar-refractivity contribution in [3.63, 3.8) is 0 Å². The van der Waals surface area contributed by atoms with Crippen molar-refractivity contribution < 1.29 is 14.3 Å². The monoisotopic (exact) mass is 274 g/mol. The van der Waals surface area contributed by atoms with Gasteiger partial charge in [-0.3, -0.25) is 4.68 Å². The highest BCUT2D eigenvalue weighted by molar-refractivity contribution is 5.88. The predicted octanol–water partition coefficient (Wildman–Crippen LogP) is 2.28. The Hall–Kier alpha value is -2.14. The van der Waals surface area contributed by atoms with Gasteiger partial charge < -0.3 is 9.47 Å². The van der Waals surface area contributed by atoms with Crippen LogP contribution in [0.5, 0.6) is 0 Å². The van der Waals surface area contributed by atoms with Crippen LogP contribution in [-0.4, -0.2) is 29.0 Å². The molecule has 0 atom stereocenters. The van der Waals surface area contributed by atoms with Crippen molar-refractivity contribution in [1.29, 1.82) is 0 Å². The van der Waals surface area contributed by atoms with Crippen molar-refractivity contribution in [2.45, 2.75) is 20.1 Å². The Morgan fingerprint density at radius 1 is 1.30 bits per heavy atom. The first kappa shape index (κ1) is 14.3. The topological polar surface area (TPSA) is 53.3 Å². The summed E-state index contributed by atoms with van der Waals surface area (Å²) in [7, 11) is 0. The lowest BCUT2D eigenvalue weighted by Gasteiger charge is -2.04. The summed E-state index contributed by atoms with van der Waals surface area (Å²) in [5, 5.41) is 4.10. The molecule has 0 fully saturated rings. The summed E-state index contributed by atoms with van der Waals surface area (Å²) in [5.74, 6) is -0.344. The van der Waals surface area contributed by atoms with Crippen molar-refractivity contribution in [3.8, 4) is 0 Å². The summed E-state index contributed by atoms with van der Waals surface area (Å²) in [6.45, 7) is 3.86. The van der Waals surface area contributed by atoms with Gasteiger partial charge in [-0.1, -0.05) is 30.3 Å². The molecule has 0 spiro atoms. The second kappa shape index (κ2) is 7.45. The molecule has 0 unspecified atom stereocenters. The number of carbonyl (C=O) groups excluding carboxylic acids is 1. The third kappa shape index (κ3) is 4.20. The Morgan fingerprint density at radius 2 is 2.10 bits per heavy atom. The van der Waals surface area contributed by atoms with Crippen LogP contribution in [0.3, 0.4) is 0 Å². The van der Waals surface area contributed by atoms with Crippen LogP contribution in [0.2, 0.25) is 0 Å². The van der Waals surface area contributed by atoms with E-state index in [1.807, 2.05) is 30.3 Å². The van der Waals surface area contributed by atoms with E-state index in [1.165, 1.54) is 6.20 Å². The first-order valence-electron chi connectivity index (χ1n) is 6.61. The summed E-state index contributed by atoms with van der Waals surface area (Å²) < 4.78 is 12.1. The standard InChI is InChI=1S/C15H18N2O3/c1-2-20-15(18)14-10-16-17(11-14)8-9-19-12-13-6-4-3-5-7-13/h3-7,10-11H,2,8-9,12H2,1H3. The molecule has 5 heteroatoms. The van der Waals surface area contributed by atoms with Crippen molar-refractivity contribution in [2.24, 2.45) is 0 Å². The zero-order chi connectivity index (χ0) is 14.2. The maximum atomic E-state index is 11.5. The van der Waals surface area contributed by atoms with Gasteiger partial charge in [-0.2, -0.15) is 5.10 Å². The summed E-state index contributed by atoms with van der Waals surface area (Å²) in [5.41, 5.74) is 1.61. The fourth-order valence-electron chi connectivity index (χ4n) is 1.73. The van der Waals surface area contributed by atoms with E-state index in [0.717, 1.165) is 5.56 Å². The molecule has 0 amide bonds. The molecule has 106 valence electrons. The molecule has 0 saturated heterocycles. The molecule has 2 aromatic rings. The number of rotatable bonds is 7. The summed E-state index contributed by atoms with van der Waals surface area (Å²) >= 11 is 0. The predicted molar refractivity (Wildman–Crippen MR) is 74.3 cm³/mol. The first-order chi connectivity index (χ1) is 9.79. The Kier molecular flexibility index (Phi) is 5.32. The number of benzene rings is 1. The van der Waals surface area contributed by atoms with Gasteiger partial charge in [0.1, 0.15) is 0 Å². The van der Waals surface area contributed by atoms with E-state index >= 15 is 0 Å². The average molecular weight is 274 g/mol. The summed E-state index contributed by atoms with van der Waals surface area (Å²) in [6, 6.07) is 9.99. The molecule has 5 nitrogen and oxygen atoms in total. The lowest BCUT2D eigenvalue weighted by Crippen LogP contribution is -2.07. The number of hydrogen-bond donors (Lipinski definition) is 0. The minimum Gasteiger partial charge on any atom is -0.462 e. The molecule has 1 aromatic carbocycles. The summed E-state index contributed by atoms with van der Waals surface area (Å²) in [4.78, 5) is 11.5. The van der Waals surface area contributed by atoms with E-state index in [1.54, 1.807) is 17.8 Å². The minimum atomic E-state index is -0.344. The van der Waals surface area contributed by atoms with E-state index in [-0.39, 0.29) is 5.97 Å². The Balaban J connectivity index is 1.73. The van der Waals surface area contributed by atoms with Crippen LogP contribution < -0.4 is 0 Å². The van der Waals surface area contributed by atoms with Crippen molar-refractivity contribution in [1.82, 2.24) is 9.78 Å². The average Bonchev–Trinajstić information content (AvgIpc) is 2.94. The molecule has 0 N–H and O–H groups in total. The zero-order valence-corrected chi connectivity index (χ0v) is 11.5. The van der Waals surface area contributed by atoms with Crippen molar-refractivity contribution in [2.75, 3.05) is 13.2 Å². The number of aromatic nitrogens is 2. The van der Waals surface area contributed by atoms with Crippen molar-refractivity contribution in [3.05, 3.63) is 53.9 Å². The van der Waals surface area contributed by atoms with Crippen LogP contribution in [0.15, 0.2) is 42.7 Å². The van der Waals surface area contributed by atoms with Gasteiger partial charge in [0, 0.05) is 6.20 Å². The maximum absolute atomic E-state index is 11.5. The molecule has 0 aliphatic rings. The van der Waals surface area contributed by atoms with Crippen LogP contribution in [-0.2, 0) is 22.6 Å². The van der Waals surface area contributed by atoms with Gasteiger partial charge in [-0.15, -0.1) is 0 Å². The van der Waals surface area contributed by atoms with E-state index in [2.05, 4.69) is 5.10 Å². The molecule has 0 radical (unpaired) electrons. The maximum Gasteiger partial charge on any atom is 0.341 e. The quantitative estimate of drug-likeness (QED) is 0.574. The Morgan fingerprint density at radius 3 is 2.85 bits per heavy atom. The number of carbonyl (C=O) groups is 1. The molecule has 20 heavy (non-hydrogen) atoms. The molecule has 0 saturated carbocycles. The van der Waals surface area contributed by atoms with Gasteiger partial charge in [0.2, 0.25) is 0 Å². The van der Waals surface area contributed by atoms with Crippen LogP contribution in [0.4, 0.5) is 0 Å². The molecule has 1 heterocycles. The molecular formula is C15H18N2O3. The minimum absolute atomic E-state index is 0.344. The normalized spacial score (nSPS) is 10.4. The molecule has 0 bridgehead atoms. The fraction of sp³-hybridized carbons (Fsp3) is 0.333. The van der Waals surface area contributed by atoms with Crippen LogP contribution in [0, 0.1) is 0 Å². The van der Waals surface area contributed by atoms with E-state index in [4.69, 9.17) is 9.47 Å². The highest BCUT2D eigenvalue weighted by atomic mass is 16.5. The highest BCUT2D eigenvalue weighted by Crippen LogP contribution is 2.02. The molecule has 1 aromatic heterocycles. The van der Waals surface area contributed by atoms with E-state index in [9.17, 15) is 4.79 Å². The number of ether oxygens (including phenoxy) is 2. The summed E-state index contributed by atoms with van der Waals surface area (Å²) in [6.07, 6.45) is 3.18.